The van der Waals surface area contributed by atoms with Gasteiger partial charge in [0.25, 0.3) is 5.91 Å². The first-order chi connectivity index (χ1) is 12.8. The number of rotatable bonds is 6. The molecule has 0 aliphatic heterocycles. The number of nitrogens with zero attached hydrogens (tertiary/aromatic N) is 1. The van der Waals surface area contributed by atoms with Crippen molar-refractivity contribution in [3.8, 4) is 6.07 Å². The van der Waals surface area contributed by atoms with Crippen molar-refractivity contribution in [1.29, 1.82) is 5.26 Å². The Hall–Kier alpha value is -2.98. The summed E-state index contributed by atoms with van der Waals surface area (Å²) in [4.78, 5) is 12.0. The third kappa shape index (κ3) is 6.04. The molecule has 0 fully saturated rings. The zero-order valence-electron chi connectivity index (χ0n) is 14.0. The van der Waals surface area contributed by atoms with E-state index in [9.17, 15) is 18.0 Å². The highest BCUT2D eigenvalue weighted by atomic mass is 35.5. The van der Waals surface area contributed by atoms with Crippen molar-refractivity contribution < 1.29 is 18.0 Å². The SMILES string of the molecule is N#C/C(=C/Nc1ccc(Cl)cc1C(F)(F)F)C(=O)NCCc1ccccc1. The van der Waals surface area contributed by atoms with Crippen molar-refractivity contribution in [3.05, 3.63) is 76.5 Å². The zero-order chi connectivity index (χ0) is 19.9. The van der Waals surface area contributed by atoms with Gasteiger partial charge in [-0.25, -0.2) is 0 Å². The van der Waals surface area contributed by atoms with Crippen LogP contribution in [0.3, 0.4) is 0 Å². The Labute approximate surface area is 159 Å². The van der Waals surface area contributed by atoms with Crippen LogP contribution in [0.5, 0.6) is 0 Å². The second kappa shape index (κ2) is 9.10. The van der Waals surface area contributed by atoms with E-state index in [0.717, 1.165) is 23.9 Å². The minimum atomic E-state index is -4.63. The van der Waals surface area contributed by atoms with Crippen molar-refractivity contribution in [2.24, 2.45) is 0 Å². The van der Waals surface area contributed by atoms with Gasteiger partial charge in [-0.15, -0.1) is 0 Å². The Bertz CT molecular complexity index is 874. The van der Waals surface area contributed by atoms with Gasteiger partial charge in [0.2, 0.25) is 0 Å². The normalized spacial score (nSPS) is 11.6. The third-order valence-electron chi connectivity index (χ3n) is 3.57. The number of hydrogen-bond donors (Lipinski definition) is 2. The molecule has 0 radical (unpaired) electrons. The van der Waals surface area contributed by atoms with Gasteiger partial charge in [-0.1, -0.05) is 41.9 Å². The van der Waals surface area contributed by atoms with Crippen LogP contribution in [-0.4, -0.2) is 12.5 Å². The van der Waals surface area contributed by atoms with Gasteiger partial charge in [0, 0.05) is 17.8 Å². The molecule has 2 aromatic carbocycles. The third-order valence-corrected chi connectivity index (χ3v) is 3.80. The van der Waals surface area contributed by atoms with Gasteiger partial charge >= 0.3 is 6.18 Å². The van der Waals surface area contributed by atoms with E-state index in [2.05, 4.69) is 10.6 Å². The maximum absolute atomic E-state index is 13.1. The van der Waals surface area contributed by atoms with Gasteiger partial charge in [0.1, 0.15) is 11.6 Å². The highest BCUT2D eigenvalue weighted by Crippen LogP contribution is 2.36. The summed E-state index contributed by atoms with van der Waals surface area (Å²) in [7, 11) is 0. The summed E-state index contributed by atoms with van der Waals surface area (Å²) in [6, 6.07) is 14.2. The Kier molecular flexibility index (Phi) is 6.85. The topological polar surface area (TPSA) is 64.9 Å². The van der Waals surface area contributed by atoms with Crippen LogP contribution in [-0.2, 0) is 17.4 Å². The second-order valence-corrected chi connectivity index (χ2v) is 5.93. The molecule has 4 nitrogen and oxygen atoms in total. The molecule has 0 bridgehead atoms. The predicted octanol–water partition coefficient (Wildman–Crippen LogP) is 4.54. The van der Waals surface area contributed by atoms with Crippen LogP contribution < -0.4 is 10.6 Å². The highest BCUT2D eigenvalue weighted by Gasteiger charge is 2.33. The van der Waals surface area contributed by atoms with E-state index in [4.69, 9.17) is 16.9 Å². The number of nitriles is 1. The summed E-state index contributed by atoms with van der Waals surface area (Å²) in [6.07, 6.45) is -3.13. The summed E-state index contributed by atoms with van der Waals surface area (Å²) in [5.74, 6) is -0.677. The molecule has 27 heavy (non-hydrogen) atoms. The molecule has 2 aromatic rings. The summed E-state index contributed by atoms with van der Waals surface area (Å²) in [5, 5.41) is 14.0. The minimum Gasteiger partial charge on any atom is -0.360 e. The number of alkyl halides is 3. The Morgan fingerprint density at radius 1 is 1.19 bits per heavy atom. The van der Waals surface area contributed by atoms with Crippen molar-refractivity contribution in [2.75, 3.05) is 11.9 Å². The molecule has 2 N–H and O–H groups in total. The fourth-order valence-electron chi connectivity index (χ4n) is 2.24. The van der Waals surface area contributed by atoms with Gasteiger partial charge in [0.05, 0.1) is 11.3 Å². The summed E-state index contributed by atoms with van der Waals surface area (Å²) in [5.41, 5.74) is -0.634. The van der Waals surface area contributed by atoms with Crippen LogP contribution in [0.15, 0.2) is 60.3 Å². The van der Waals surface area contributed by atoms with Crippen LogP contribution in [0.4, 0.5) is 18.9 Å². The van der Waals surface area contributed by atoms with Crippen molar-refractivity contribution in [2.45, 2.75) is 12.6 Å². The first-order valence-electron chi connectivity index (χ1n) is 7.87. The van der Waals surface area contributed by atoms with E-state index in [0.29, 0.717) is 6.42 Å². The Morgan fingerprint density at radius 2 is 1.89 bits per heavy atom. The summed E-state index contributed by atoms with van der Waals surface area (Å²) in [6.45, 7) is 0.288. The fourth-order valence-corrected chi connectivity index (χ4v) is 2.41. The molecule has 0 heterocycles. The number of benzene rings is 2. The van der Waals surface area contributed by atoms with Gasteiger partial charge in [-0.05, 0) is 30.2 Å². The first-order valence-corrected chi connectivity index (χ1v) is 8.24. The average Bonchev–Trinajstić information content (AvgIpc) is 2.63. The van der Waals surface area contributed by atoms with E-state index in [1.807, 2.05) is 30.3 Å². The Balaban J connectivity index is 2.04. The second-order valence-electron chi connectivity index (χ2n) is 5.49. The van der Waals surface area contributed by atoms with Gasteiger partial charge < -0.3 is 10.6 Å². The lowest BCUT2D eigenvalue weighted by atomic mass is 10.1. The van der Waals surface area contributed by atoms with E-state index in [1.165, 1.54) is 6.07 Å². The molecule has 0 unspecified atom stereocenters. The first kappa shape index (κ1) is 20.3. The molecule has 0 atom stereocenters. The largest absolute Gasteiger partial charge is 0.418 e. The van der Waals surface area contributed by atoms with Crippen LogP contribution in [0.1, 0.15) is 11.1 Å². The molecule has 0 aliphatic carbocycles. The predicted molar refractivity (Wildman–Crippen MR) is 96.9 cm³/mol. The number of carbonyl (C=O) groups excluding carboxylic acids is 1. The van der Waals surface area contributed by atoms with E-state index >= 15 is 0 Å². The average molecular weight is 394 g/mol. The summed E-state index contributed by atoms with van der Waals surface area (Å²) >= 11 is 5.61. The molecule has 0 saturated heterocycles. The number of carbonyl (C=O) groups is 1. The fraction of sp³-hybridized carbons (Fsp3) is 0.158. The number of halogens is 4. The molecule has 8 heteroatoms. The van der Waals surface area contributed by atoms with Crippen molar-refractivity contribution in [3.63, 3.8) is 0 Å². The molecular formula is C19H15ClF3N3O. The van der Waals surface area contributed by atoms with Crippen molar-refractivity contribution >= 4 is 23.2 Å². The van der Waals surface area contributed by atoms with E-state index < -0.39 is 17.6 Å². The number of nitrogens with one attached hydrogen (secondary N) is 2. The van der Waals surface area contributed by atoms with Gasteiger partial charge in [-0.2, -0.15) is 18.4 Å². The maximum Gasteiger partial charge on any atom is 0.418 e. The molecule has 0 spiro atoms. The van der Waals surface area contributed by atoms with Gasteiger partial charge in [-0.3, -0.25) is 4.79 Å². The maximum atomic E-state index is 13.1. The van der Waals surface area contributed by atoms with Crippen LogP contribution >= 0.6 is 11.6 Å². The monoisotopic (exact) mass is 393 g/mol. The lowest BCUT2D eigenvalue weighted by Crippen LogP contribution is -2.27. The van der Waals surface area contributed by atoms with Crippen LogP contribution in [0, 0.1) is 11.3 Å². The lowest BCUT2D eigenvalue weighted by Gasteiger charge is -2.13. The molecule has 1 amide bonds. The molecular weight excluding hydrogens is 379 g/mol. The van der Waals surface area contributed by atoms with Crippen molar-refractivity contribution in [1.82, 2.24) is 5.32 Å². The minimum absolute atomic E-state index is 0.0731. The van der Waals surface area contributed by atoms with E-state index in [1.54, 1.807) is 6.07 Å². The van der Waals surface area contributed by atoms with E-state index in [-0.39, 0.29) is 22.8 Å². The van der Waals surface area contributed by atoms with Gasteiger partial charge in [0.15, 0.2) is 0 Å². The highest BCUT2D eigenvalue weighted by molar-refractivity contribution is 6.30. The van der Waals surface area contributed by atoms with Crippen LogP contribution in [0.2, 0.25) is 5.02 Å². The number of hydrogen-bond acceptors (Lipinski definition) is 3. The standard InChI is InChI=1S/C19H15ClF3N3O/c20-15-6-7-17(16(10-15)19(21,22)23)26-12-14(11-24)18(27)25-9-8-13-4-2-1-3-5-13/h1-7,10,12,26H,8-9H2,(H,25,27)/b14-12-. The lowest BCUT2D eigenvalue weighted by molar-refractivity contribution is -0.136. The molecule has 2 rings (SSSR count). The molecule has 0 aromatic heterocycles. The molecule has 0 saturated carbocycles. The molecule has 140 valence electrons. The number of anilines is 1. The smallest absolute Gasteiger partial charge is 0.360 e. The molecule has 0 aliphatic rings. The number of amides is 1. The summed E-state index contributed by atoms with van der Waals surface area (Å²) < 4.78 is 39.2. The van der Waals surface area contributed by atoms with Crippen LogP contribution in [0.25, 0.3) is 0 Å². The zero-order valence-corrected chi connectivity index (χ0v) is 14.7. The quantitative estimate of drug-likeness (QED) is 0.559. The Morgan fingerprint density at radius 3 is 2.52 bits per heavy atom.